The van der Waals surface area contributed by atoms with Crippen molar-refractivity contribution in [1.29, 1.82) is 0 Å². The lowest BCUT2D eigenvalue weighted by atomic mass is 10.2. The summed E-state index contributed by atoms with van der Waals surface area (Å²) in [5, 5.41) is 0. The zero-order chi connectivity index (χ0) is 13.7. The van der Waals surface area contributed by atoms with E-state index in [1.807, 2.05) is 4.90 Å². The first kappa shape index (κ1) is 13.8. The lowest BCUT2D eigenvalue weighted by Crippen LogP contribution is -2.41. The minimum Gasteiger partial charge on any atom is -0.325 e. The van der Waals surface area contributed by atoms with Gasteiger partial charge in [-0.05, 0) is 18.9 Å². The molecule has 1 aliphatic heterocycles. The second-order valence-electron chi connectivity index (χ2n) is 5.13. The highest BCUT2D eigenvalue weighted by molar-refractivity contribution is 5.74. The van der Waals surface area contributed by atoms with E-state index >= 15 is 0 Å². The van der Waals surface area contributed by atoms with Crippen molar-refractivity contribution in [3.63, 3.8) is 0 Å². The van der Waals surface area contributed by atoms with Crippen LogP contribution in [-0.2, 0) is 6.54 Å². The number of carbonyl (C=O) groups excluding carboxylic acids is 1. The van der Waals surface area contributed by atoms with E-state index < -0.39 is 0 Å². The Morgan fingerprint density at radius 1 is 1.21 bits per heavy atom. The monoisotopic (exact) mass is 264 g/mol. The third-order valence-electron chi connectivity index (χ3n) is 3.57. The number of halogens is 1. The number of nitrogens with zero attached hydrogens (tertiary/aromatic N) is 2. The maximum absolute atomic E-state index is 13.6. The lowest BCUT2D eigenvalue weighted by Gasteiger charge is -2.27. The molecule has 1 fully saturated rings. The van der Waals surface area contributed by atoms with Crippen molar-refractivity contribution < 1.29 is 9.18 Å². The van der Waals surface area contributed by atoms with E-state index in [0.717, 1.165) is 25.9 Å². The molecule has 2 amide bonds. The van der Waals surface area contributed by atoms with Crippen molar-refractivity contribution in [2.75, 3.05) is 20.1 Å². The molecule has 1 aromatic rings. The third kappa shape index (κ3) is 3.69. The van der Waals surface area contributed by atoms with Crippen molar-refractivity contribution in [1.82, 2.24) is 9.80 Å². The quantitative estimate of drug-likeness (QED) is 0.804. The van der Waals surface area contributed by atoms with Crippen LogP contribution in [0, 0.1) is 5.82 Å². The van der Waals surface area contributed by atoms with E-state index in [1.165, 1.54) is 18.9 Å². The van der Waals surface area contributed by atoms with Crippen LogP contribution >= 0.6 is 0 Å². The SMILES string of the molecule is CN(Cc1ccccc1F)C(=O)N1CCCCCC1. The molecule has 0 bridgehead atoms. The maximum atomic E-state index is 13.6. The highest BCUT2D eigenvalue weighted by Gasteiger charge is 2.19. The van der Waals surface area contributed by atoms with E-state index in [-0.39, 0.29) is 11.8 Å². The van der Waals surface area contributed by atoms with Gasteiger partial charge >= 0.3 is 6.03 Å². The minimum absolute atomic E-state index is 0.00477. The van der Waals surface area contributed by atoms with Crippen molar-refractivity contribution in [2.45, 2.75) is 32.2 Å². The van der Waals surface area contributed by atoms with Crippen LogP contribution in [0.3, 0.4) is 0 Å². The van der Waals surface area contributed by atoms with Gasteiger partial charge in [0.1, 0.15) is 5.82 Å². The number of likely N-dealkylation sites (tertiary alicyclic amines) is 1. The van der Waals surface area contributed by atoms with Gasteiger partial charge in [-0.1, -0.05) is 31.0 Å². The molecule has 3 nitrogen and oxygen atoms in total. The van der Waals surface area contributed by atoms with Gasteiger partial charge in [-0.15, -0.1) is 0 Å². The number of urea groups is 1. The van der Waals surface area contributed by atoms with Crippen molar-refractivity contribution in [2.24, 2.45) is 0 Å². The number of hydrogen-bond donors (Lipinski definition) is 0. The Morgan fingerprint density at radius 3 is 2.47 bits per heavy atom. The normalized spacial score (nSPS) is 16.0. The molecule has 0 saturated carbocycles. The zero-order valence-corrected chi connectivity index (χ0v) is 11.4. The molecular formula is C15H21FN2O. The first-order valence-electron chi connectivity index (χ1n) is 6.92. The molecule has 0 N–H and O–H groups in total. The number of amides is 2. The lowest BCUT2D eigenvalue weighted by molar-refractivity contribution is 0.162. The molecule has 0 radical (unpaired) electrons. The Morgan fingerprint density at radius 2 is 1.84 bits per heavy atom. The second-order valence-corrected chi connectivity index (χ2v) is 5.13. The molecule has 1 aromatic carbocycles. The average molecular weight is 264 g/mol. The molecule has 0 spiro atoms. The first-order chi connectivity index (χ1) is 9.18. The molecule has 1 aliphatic rings. The van der Waals surface area contributed by atoms with Gasteiger partial charge in [0.05, 0.1) is 0 Å². The Labute approximate surface area is 114 Å². The summed E-state index contributed by atoms with van der Waals surface area (Å²) >= 11 is 0. The molecule has 1 heterocycles. The van der Waals surface area contributed by atoms with E-state index in [4.69, 9.17) is 0 Å². The Bertz CT molecular complexity index is 428. The van der Waals surface area contributed by atoms with Crippen LogP contribution in [-0.4, -0.2) is 36.0 Å². The topological polar surface area (TPSA) is 23.6 Å². The van der Waals surface area contributed by atoms with E-state index in [0.29, 0.717) is 12.1 Å². The third-order valence-corrected chi connectivity index (χ3v) is 3.57. The van der Waals surface area contributed by atoms with Crippen LogP contribution in [0.1, 0.15) is 31.2 Å². The summed E-state index contributed by atoms with van der Waals surface area (Å²) in [5.74, 6) is -0.252. The summed E-state index contributed by atoms with van der Waals surface area (Å²) in [5.41, 5.74) is 0.563. The Kier molecular flexibility index (Phi) is 4.77. The Hall–Kier alpha value is -1.58. The zero-order valence-electron chi connectivity index (χ0n) is 11.4. The summed E-state index contributed by atoms with van der Waals surface area (Å²) in [4.78, 5) is 15.8. The largest absolute Gasteiger partial charge is 0.325 e. The number of benzene rings is 1. The van der Waals surface area contributed by atoms with Gasteiger partial charge in [0.25, 0.3) is 0 Å². The molecule has 0 aromatic heterocycles. The highest BCUT2D eigenvalue weighted by atomic mass is 19.1. The van der Waals surface area contributed by atoms with Crippen LogP contribution < -0.4 is 0 Å². The summed E-state index contributed by atoms with van der Waals surface area (Å²) in [7, 11) is 1.74. The Balaban J connectivity index is 1.97. The predicted octanol–water partition coefficient (Wildman–Crippen LogP) is 3.25. The van der Waals surface area contributed by atoms with Gasteiger partial charge in [0, 0.05) is 32.2 Å². The van der Waals surface area contributed by atoms with Crippen molar-refractivity contribution >= 4 is 6.03 Å². The fraction of sp³-hybridized carbons (Fsp3) is 0.533. The standard InChI is InChI=1S/C15H21FN2O/c1-17(12-13-8-4-5-9-14(13)16)15(19)18-10-6-2-3-7-11-18/h4-5,8-9H,2-3,6-7,10-12H2,1H3. The molecule has 1 saturated heterocycles. The van der Waals surface area contributed by atoms with E-state index in [9.17, 15) is 9.18 Å². The fourth-order valence-electron chi connectivity index (χ4n) is 2.45. The van der Waals surface area contributed by atoms with E-state index in [2.05, 4.69) is 0 Å². The number of carbonyl (C=O) groups is 1. The smallest absolute Gasteiger partial charge is 0.320 e. The van der Waals surface area contributed by atoms with Crippen LogP contribution in [0.15, 0.2) is 24.3 Å². The van der Waals surface area contributed by atoms with Crippen LogP contribution in [0.5, 0.6) is 0 Å². The average Bonchev–Trinajstić information content (AvgIpc) is 2.69. The van der Waals surface area contributed by atoms with Crippen molar-refractivity contribution in [3.05, 3.63) is 35.6 Å². The number of rotatable bonds is 2. The summed E-state index contributed by atoms with van der Waals surface area (Å²) < 4.78 is 13.6. The van der Waals surface area contributed by atoms with Gasteiger partial charge in [-0.3, -0.25) is 0 Å². The molecule has 0 atom stereocenters. The molecule has 4 heteroatoms. The molecule has 0 unspecified atom stereocenters. The first-order valence-corrected chi connectivity index (χ1v) is 6.92. The fourth-order valence-corrected chi connectivity index (χ4v) is 2.45. The van der Waals surface area contributed by atoms with Crippen LogP contribution in [0.25, 0.3) is 0 Å². The van der Waals surface area contributed by atoms with Crippen molar-refractivity contribution in [3.8, 4) is 0 Å². The molecule has 19 heavy (non-hydrogen) atoms. The van der Waals surface area contributed by atoms with Gasteiger partial charge in [0.2, 0.25) is 0 Å². The maximum Gasteiger partial charge on any atom is 0.320 e. The highest BCUT2D eigenvalue weighted by Crippen LogP contribution is 2.14. The summed E-state index contributed by atoms with van der Waals surface area (Å²) in [6, 6.07) is 6.62. The molecular weight excluding hydrogens is 243 g/mol. The molecule has 2 rings (SSSR count). The van der Waals surface area contributed by atoms with Gasteiger partial charge in [-0.2, -0.15) is 0 Å². The van der Waals surface area contributed by atoms with Gasteiger partial charge in [0.15, 0.2) is 0 Å². The van der Waals surface area contributed by atoms with Gasteiger partial charge < -0.3 is 9.80 Å². The van der Waals surface area contributed by atoms with Crippen LogP contribution in [0.2, 0.25) is 0 Å². The summed E-state index contributed by atoms with van der Waals surface area (Å²) in [6.07, 6.45) is 4.53. The van der Waals surface area contributed by atoms with E-state index in [1.54, 1.807) is 30.1 Å². The number of hydrogen-bond acceptors (Lipinski definition) is 1. The minimum atomic E-state index is -0.252. The summed E-state index contributed by atoms with van der Waals surface area (Å²) in [6.45, 7) is 1.96. The molecule has 104 valence electrons. The molecule has 0 aliphatic carbocycles. The predicted molar refractivity (Wildman–Crippen MR) is 73.3 cm³/mol. The van der Waals surface area contributed by atoms with Gasteiger partial charge in [-0.25, -0.2) is 9.18 Å². The van der Waals surface area contributed by atoms with Crippen LogP contribution in [0.4, 0.5) is 9.18 Å². The second kappa shape index (κ2) is 6.55.